The normalized spacial score (nSPS) is 14.3. The maximum atomic E-state index is 11.9. The average molecular weight is 334 g/mol. The second-order valence-electron chi connectivity index (χ2n) is 6.16. The predicted octanol–water partition coefficient (Wildman–Crippen LogP) is 2.11. The molecule has 6 nitrogen and oxygen atoms in total. The molecule has 1 N–H and O–H groups in total. The van der Waals surface area contributed by atoms with Crippen molar-refractivity contribution in [3.8, 4) is 11.5 Å². The van der Waals surface area contributed by atoms with Gasteiger partial charge in [-0.25, -0.2) is 0 Å². The molecule has 2 amide bonds. The molecular formula is C18H26N2O4. The predicted molar refractivity (Wildman–Crippen MR) is 91.0 cm³/mol. The van der Waals surface area contributed by atoms with Crippen LogP contribution in [0, 0.1) is 0 Å². The van der Waals surface area contributed by atoms with Gasteiger partial charge in [-0.3, -0.25) is 9.59 Å². The van der Waals surface area contributed by atoms with Crippen LogP contribution in [0.1, 0.15) is 38.2 Å². The van der Waals surface area contributed by atoms with E-state index in [0.717, 1.165) is 24.2 Å². The first kappa shape index (κ1) is 18.1. The highest BCUT2D eigenvalue weighted by Gasteiger charge is 2.18. The van der Waals surface area contributed by atoms with Gasteiger partial charge in [-0.05, 0) is 43.4 Å². The van der Waals surface area contributed by atoms with Crippen LogP contribution in [0.2, 0.25) is 0 Å². The Balaban J connectivity index is 1.95. The maximum absolute atomic E-state index is 11.9. The van der Waals surface area contributed by atoms with E-state index in [2.05, 4.69) is 5.32 Å². The molecule has 6 heteroatoms. The average Bonchev–Trinajstić information content (AvgIpc) is 3.06. The summed E-state index contributed by atoms with van der Waals surface area (Å²) in [5.41, 5.74) is 0.933. The van der Waals surface area contributed by atoms with E-state index < -0.39 is 0 Å². The van der Waals surface area contributed by atoms with Gasteiger partial charge in [-0.1, -0.05) is 6.07 Å². The molecule has 1 fully saturated rings. The third-order valence-electron chi connectivity index (χ3n) is 4.23. The first-order valence-corrected chi connectivity index (χ1v) is 8.31. The quantitative estimate of drug-likeness (QED) is 0.829. The SMILES string of the molecule is COc1ccc(CNC(=O)CN(C)C(C)=O)cc1OC1CCCC1. The van der Waals surface area contributed by atoms with E-state index in [-0.39, 0.29) is 24.5 Å². The second kappa shape index (κ2) is 8.57. The summed E-state index contributed by atoms with van der Waals surface area (Å²) in [6.07, 6.45) is 4.79. The van der Waals surface area contributed by atoms with Gasteiger partial charge in [0.1, 0.15) is 0 Å². The van der Waals surface area contributed by atoms with Gasteiger partial charge in [-0.15, -0.1) is 0 Å². The van der Waals surface area contributed by atoms with E-state index in [1.165, 1.54) is 24.7 Å². The Bertz CT molecular complexity index is 582. The summed E-state index contributed by atoms with van der Waals surface area (Å²) in [7, 11) is 3.22. The summed E-state index contributed by atoms with van der Waals surface area (Å²) < 4.78 is 11.4. The van der Waals surface area contributed by atoms with Crippen molar-refractivity contribution in [2.75, 3.05) is 20.7 Å². The minimum Gasteiger partial charge on any atom is -0.493 e. The Morgan fingerprint density at radius 3 is 2.58 bits per heavy atom. The number of hydrogen-bond acceptors (Lipinski definition) is 4. The van der Waals surface area contributed by atoms with Gasteiger partial charge in [0.25, 0.3) is 0 Å². The highest BCUT2D eigenvalue weighted by molar-refractivity contribution is 5.83. The van der Waals surface area contributed by atoms with E-state index in [4.69, 9.17) is 9.47 Å². The van der Waals surface area contributed by atoms with Crippen LogP contribution in [0.25, 0.3) is 0 Å². The van der Waals surface area contributed by atoms with Gasteiger partial charge in [0.05, 0.1) is 19.8 Å². The van der Waals surface area contributed by atoms with Crippen LogP contribution < -0.4 is 14.8 Å². The number of likely N-dealkylation sites (N-methyl/N-ethyl adjacent to an activating group) is 1. The molecule has 2 rings (SSSR count). The summed E-state index contributed by atoms with van der Waals surface area (Å²) in [5, 5.41) is 2.81. The number of ether oxygens (including phenoxy) is 2. The minimum atomic E-state index is -0.193. The van der Waals surface area contributed by atoms with Crippen LogP contribution >= 0.6 is 0 Å². The van der Waals surface area contributed by atoms with Crippen LogP contribution in [-0.4, -0.2) is 43.5 Å². The van der Waals surface area contributed by atoms with Gasteiger partial charge in [0.2, 0.25) is 11.8 Å². The van der Waals surface area contributed by atoms with Gasteiger partial charge < -0.3 is 19.7 Å². The number of amides is 2. The zero-order valence-electron chi connectivity index (χ0n) is 14.6. The molecule has 0 bridgehead atoms. The summed E-state index contributed by atoms with van der Waals surface area (Å²) in [5.74, 6) is 1.09. The fourth-order valence-electron chi connectivity index (χ4n) is 2.69. The third kappa shape index (κ3) is 5.15. The Morgan fingerprint density at radius 1 is 1.25 bits per heavy atom. The molecule has 0 radical (unpaired) electrons. The number of hydrogen-bond donors (Lipinski definition) is 1. The molecule has 0 saturated heterocycles. The van der Waals surface area contributed by atoms with Crippen LogP contribution in [-0.2, 0) is 16.1 Å². The third-order valence-corrected chi connectivity index (χ3v) is 4.23. The first-order valence-electron chi connectivity index (χ1n) is 8.31. The lowest BCUT2D eigenvalue weighted by Gasteiger charge is -2.17. The van der Waals surface area contributed by atoms with Crippen molar-refractivity contribution < 1.29 is 19.1 Å². The monoisotopic (exact) mass is 334 g/mol. The molecule has 1 aromatic carbocycles. The van der Waals surface area contributed by atoms with E-state index in [9.17, 15) is 9.59 Å². The summed E-state index contributed by atoms with van der Waals surface area (Å²) in [6.45, 7) is 1.87. The van der Waals surface area contributed by atoms with Crippen molar-refractivity contribution in [3.05, 3.63) is 23.8 Å². The standard InChI is InChI=1S/C18H26N2O4/c1-13(21)20(2)12-18(22)19-11-14-8-9-16(23-3)17(10-14)24-15-6-4-5-7-15/h8-10,15H,4-7,11-12H2,1-3H3,(H,19,22). The largest absolute Gasteiger partial charge is 0.493 e. The number of nitrogens with zero attached hydrogens (tertiary/aromatic N) is 1. The lowest BCUT2D eigenvalue weighted by molar-refractivity contribution is -0.133. The smallest absolute Gasteiger partial charge is 0.239 e. The van der Waals surface area contributed by atoms with Gasteiger partial charge in [0, 0.05) is 20.5 Å². The molecule has 0 unspecified atom stereocenters. The molecule has 24 heavy (non-hydrogen) atoms. The molecule has 132 valence electrons. The number of rotatable bonds is 7. The fraction of sp³-hybridized carbons (Fsp3) is 0.556. The van der Waals surface area contributed by atoms with Gasteiger partial charge >= 0.3 is 0 Å². The molecular weight excluding hydrogens is 308 g/mol. The lowest BCUT2D eigenvalue weighted by atomic mass is 10.2. The second-order valence-corrected chi connectivity index (χ2v) is 6.16. The molecule has 0 aliphatic heterocycles. The number of methoxy groups -OCH3 is 1. The Hall–Kier alpha value is -2.24. The molecule has 0 spiro atoms. The highest BCUT2D eigenvalue weighted by atomic mass is 16.5. The molecule has 1 saturated carbocycles. The number of carbonyl (C=O) groups excluding carboxylic acids is 2. The van der Waals surface area contributed by atoms with Crippen molar-refractivity contribution in [1.82, 2.24) is 10.2 Å². The Morgan fingerprint density at radius 2 is 1.96 bits per heavy atom. The highest BCUT2D eigenvalue weighted by Crippen LogP contribution is 2.32. The van der Waals surface area contributed by atoms with E-state index in [1.807, 2.05) is 18.2 Å². The van der Waals surface area contributed by atoms with Crippen LogP contribution in [0.4, 0.5) is 0 Å². The molecule has 0 heterocycles. The molecule has 0 atom stereocenters. The number of carbonyl (C=O) groups is 2. The summed E-state index contributed by atoms with van der Waals surface area (Å²) in [4.78, 5) is 24.4. The zero-order chi connectivity index (χ0) is 17.5. The summed E-state index contributed by atoms with van der Waals surface area (Å²) in [6, 6.07) is 5.66. The van der Waals surface area contributed by atoms with Crippen LogP contribution in [0.3, 0.4) is 0 Å². The van der Waals surface area contributed by atoms with E-state index in [0.29, 0.717) is 12.3 Å². The lowest BCUT2D eigenvalue weighted by Crippen LogP contribution is -2.37. The van der Waals surface area contributed by atoms with Crippen molar-refractivity contribution in [2.45, 2.75) is 45.3 Å². The van der Waals surface area contributed by atoms with Crippen molar-refractivity contribution >= 4 is 11.8 Å². The summed E-state index contributed by atoms with van der Waals surface area (Å²) >= 11 is 0. The van der Waals surface area contributed by atoms with Gasteiger partial charge in [-0.2, -0.15) is 0 Å². The van der Waals surface area contributed by atoms with Crippen molar-refractivity contribution in [3.63, 3.8) is 0 Å². The first-order chi connectivity index (χ1) is 11.5. The Labute approximate surface area is 143 Å². The Kier molecular flexibility index (Phi) is 6.46. The number of benzene rings is 1. The van der Waals surface area contributed by atoms with Crippen LogP contribution in [0.15, 0.2) is 18.2 Å². The molecule has 1 aromatic rings. The van der Waals surface area contributed by atoms with E-state index >= 15 is 0 Å². The maximum Gasteiger partial charge on any atom is 0.239 e. The zero-order valence-corrected chi connectivity index (χ0v) is 14.6. The van der Waals surface area contributed by atoms with Crippen molar-refractivity contribution in [2.24, 2.45) is 0 Å². The van der Waals surface area contributed by atoms with Crippen LogP contribution in [0.5, 0.6) is 11.5 Å². The molecule has 1 aliphatic rings. The van der Waals surface area contributed by atoms with Crippen molar-refractivity contribution in [1.29, 1.82) is 0 Å². The topological polar surface area (TPSA) is 67.9 Å². The van der Waals surface area contributed by atoms with Gasteiger partial charge in [0.15, 0.2) is 11.5 Å². The molecule has 1 aliphatic carbocycles. The fourth-order valence-corrected chi connectivity index (χ4v) is 2.69. The van der Waals surface area contributed by atoms with E-state index in [1.54, 1.807) is 14.2 Å². The minimum absolute atomic E-state index is 0.0525. The molecule has 0 aromatic heterocycles. The number of nitrogens with one attached hydrogen (secondary N) is 1.